The van der Waals surface area contributed by atoms with E-state index >= 15 is 0 Å². The molecule has 0 atom stereocenters. The zero-order valence-corrected chi connectivity index (χ0v) is 17.7. The van der Waals surface area contributed by atoms with Crippen LogP contribution in [-0.2, 0) is 14.4 Å². The predicted molar refractivity (Wildman–Crippen MR) is 119 cm³/mol. The van der Waals surface area contributed by atoms with Gasteiger partial charge in [0.25, 0.3) is 0 Å². The van der Waals surface area contributed by atoms with Crippen LogP contribution in [0.4, 0.5) is 5.69 Å². The standard InChI is InChI=1S/C20H22N4O3S2/c1-13-5-6-14(2)16(12-13)21-17(25)9-10-19(27)23-24-20(28)22-18(26)8-7-15-4-3-11-29-15/h3-8,11-12H,9-10H2,1-2H3,(H,21,25)(H,23,27)(H2,22,24,26,28)/b8-7+. The highest BCUT2D eigenvalue weighted by atomic mass is 32.1. The first-order chi connectivity index (χ1) is 13.8. The van der Waals surface area contributed by atoms with Crippen LogP contribution in [0, 0.1) is 13.8 Å². The van der Waals surface area contributed by atoms with E-state index in [4.69, 9.17) is 12.2 Å². The summed E-state index contributed by atoms with van der Waals surface area (Å²) in [5.41, 5.74) is 7.50. The van der Waals surface area contributed by atoms with Crippen molar-refractivity contribution in [2.24, 2.45) is 0 Å². The minimum atomic E-state index is -0.424. The minimum absolute atomic E-state index is 0.0174. The SMILES string of the molecule is Cc1ccc(C)c(NC(=O)CCC(=O)NNC(=S)NC(=O)/C=C/c2cccs2)c1. The minimum Gasteiger partial charge on any atom is -0.326 e. The molecule has 2 aromatic rings. The van der Waals surface area contributed by atoms with Gasteiger partial charge in [0.1, 0.15) is 0 Å². The monoisotopic (exact) mass is 430 g/mol. The van der Waals surface area contributed by atoms with Crippen LogP contribution >= 0.6 is 23.6 Å². The van der Waals surface area contributed by atoms with Crippen LogP contribution in [-0.4, -0.2) is 22.8 Å². The van der Waals surface area contributed by atoms with E-state index in [2.05, 4.69) is 21.5 Å². The van der Waals surface area contributed by atoms with Gasteiger partial charge in [-0.25, -0.2) is 0 Å². The molecule has 29 heavy (non-hydrogen) atoms. The predicted octanol–water partition coefficient (Wildman–Crippen LogP) is 2.82. The average Bonchev–Trinajstić information content (AvgIpc) is 3.19. The maximum Gasteiger partial charge on any atom is 0.250 e. The molecule has 0 aliphatic heterocycles. The van der Waals surface area contributed by atoms with Gasteiger partial charge in [-0.2, -0.15) is 0 Å². The molecule has 1 aromatic carbocycles. The normalized spacial score (nSPS) is 10.4. The Morgan fingerprint density at radius 2 is 1.83 bits per heavy atom. The van der Waals surface area contributed by atoms with Crippen molar-refractivity contribution in [2.45, 2.75) is 26.7 Å². The van der Waals surface area contributed by atoms with E-state index in [1.807, 2.05) is 49.6 Å². The zero-order valence-electron chi connectivity index (χ0n) is 16.1. The molecule has 0 fully saturated rings. The first-order valence-corrected chi connectivity index (χ1v) is 10.1. The molecule has 0 spiro atoms. The molecule has 152 valence electrons. The molecule has 4 N–H and O–H groups in total. The number of hydrogen-bond donors (Lipinski definition) is 4. The van der Waals surface area contributed by atoms with Crippen LogP contribution in [0.15, 0.2) is 41.8 Å². The summed E-state index contributed by atoms with van der Waals surface area (Å²) in [4.78, 5) is 36.6. The van der Waals surface area contributed by atoms with E-state index in [1.165, 1.54) is 17.4 Å². The Morgan fingerprint density at radius 1 is 1.07 bits per heavy atom. The summed E-state index contributed by atoms with van der Waals surface area (Å²) in [5.74, 6) is -1.10. The quantitative estimate of drug-likeness (QED) is 0.321. The third kappa shape index (κ3) is 8.24. The summed E-state index contributed by atoms with van der Waals surface area (Å²) < 4.78 is 0. The molecule has 7 nitrogen and oxygen atoms in total. The fraction of sp³-hybridized carbons (Fsp3) is 0.200. The zero-order chi connectivity index (χ0) is 21.2. The van der Waals surface area contributed by atoms with E-state index in [-0.39, 0.29) is 23.9 Å². The van der Waals surface area contributed by atoms with Crippen molar-refractivity contribution in [3.8, 4) is 0 Å². The highest BCUT2D eigenvalue weighted by Crippen LogP contribution is 2.16. The number of aryl methyl sites for hydroxylation is 2. The fourth-order valence-corrected chi connectivity index (χ4v) is 3.00. The number of thiocarbonyl (C=S) groups is 1. The molecule has 0 aliphatic rings. The van der Waals surface area contributed by atoms with Crippen LogP contribution in [0.1, 0.15) is 28.8 Å². The van der Waals surface area contributed by atoms with Crippen molar-refractivity contribution in [3.05, 3.63) is 57.8 Å². The van der Waals surface area contributed by atoms with Crippen LogP contribution in [0.3, 0.4) is 0 Å². The van der Waals surface area contributed by atoms with Crippen LogP contribution in [0.2, 0.25) is 0 Å². The van der Waals surface area contributed by atoms with Gasteiger partial charge in [-0.05, 0) is 60.8 Å². The van der Waals surface area contributed by atoms with Crippen molar-refractivity contribution < 1.29 is 14.4 Å². The molecule has 2 rings (SSSR count). The lowest BCUT2D eigenvalue weighted by Gasteiger charge is -2.11. The molecule has 0 unspecified atom stereocenters. The van der Waals surface area contributed by atoms with Crippen LogP contribution < -0.4 is 21.5 Å². The number of hydrogen-bond acceptors (Lipinski definition) is 5. The van der Waals surface area contributed by atoms with Gasteiger partial charge in [0.15, 0.2) is 5.11 Å². The summed E-state index contributed by atoms with van der Waals surface area (Å²) in [7, 11) is 0. The Hall–Kier alpha value is -3.04. The Labute approximate surface area is 178 Å². The molecule has 0 aliphatic carbocycles. The summed E-state index contributed by atoms with van der Waals surface area (Å²) >= 11 is 6.45. The number of hydrazine groups is 1. The maximum atomic E-state index is 12.0. The molecule has 0 saturated heterocycles. The largest absolute Gasteiger partial charge is 0.326 e. The van der Waals surface area contributed by atoms with Crippen molar-refractivity contribution in [2.75, 3.05) is 5.32 Å². The summed E-state index contributed by atoms with van der Waals surface area (Å²) in [6, 6.07) is 9.52. The molecule has 0 saturated carbocycles. The number of thiophene rings is 1. The second-order valence-corrected chi connectivity index (χ2v) is 7.59. The number of benzene rings is 1. The van der Waals surface area contributed by atoms with Crippen molar-refractivity contribution in [1.82, 2.24) is 16.2 Å². The number of carbonyl (C=O) groups is 3. The second-order valence-electron chi connectivity index (χ2n) is 6.21. The summed E-state index contributed by atoms with van der Waals surface area (Å²) in [5, 5.41) is 7.07. The third-order valence-corrected chi connectivity index (χ3v) is 4.78. The van der Waals surface area contributed by atoms with E-state index < -0.39 is 11.8 Å². The van der Waals surface area contributed by atoms with Gasteiger partial charge in [-0.3, -0.25) is 30.6 Å². The van der Waals surface area contributed by atoms with Gasteiger partial charge in [0.2, 0.25) is 17.7 Å². The molecule has 0 bridgehead atoms. The molecule has 3 amide bonds. The lowest BCUT2D eigenvalue weighted by atomic mass is 10.1. The first kappa shape index (κ1) is 22.3. The van der Waals surface area contributed by atoms with E-state index in [0.717, 1.165) is 21.7 Å². The fourth-order valence-electron chi connectivity index (χ4n) is 2.23. The average molecular weight is 431 g/mol. The smallest absolute Gasteiger partial charge is 0.250 e. The van der Waals surface area contributed by atoms with Gasteiger partial charge in [-0.1, -0.05) is 18.2 Å². The number of carbonyl (C=O) groups excluding carboxylic acids is 3. The van der Waals surface area contributed by atoms with Gasteiger partial charge in [-0.15, -0.1) is 11.3 Å². The lowest BCUT2D eigenvalue weighted by Crippen LogP contribution is -2.48. The Balaban J connectivity index is 1.67. The Morgan fingerprint density at radius 3 is 2.55 bits per heavy atom. The van der Waals surface area contributed by atoms with Gasteiger partial charge >= 0.3 is 0 Å². The topological polar surface area (TPSA) is 99.3 Å². The van der Waals surface area contributed by atoms with Crippen molar-refractivity contribution in [3.63, 3.8) is 0 Å². The van der Waals surface area contributed by atoms with E-state index in [1.54, 1.807) is 6.08 Å². The number of amides is 3. The Kier molecular flexibility index (Phi) is 8.50. The van der Waals surface area contributed by atoms with Crippen LogP contribution in [0.25, 0.3) is 6.08 Å². The molecular weight excluding hydrogens is 408 g/mol. The molecule has 1 aromatic heterocycles. The summed E-state index contributed by atoms with van der Waals surface area (Å²) in [6.45, 7) is 3.84. The summed E-state index contributed by atoms with van der Waals surface area (Å²) in [6.07, 6.45) is 3.00. The maximum absolute atomic E-state index is 12.0. The highest BCUT2D eigenvalue weighted by molar-refractivity contribution is 7.80. The number of nitrogens with one attached hydrogen (secondary N) is 4. The number of anilines is 1. The van der Waals surface area contributed by atoms with Crippen LogP contribution in [0.5, 0.6) is 0 Å². The second kappa shape index (κ2) is 11.1. The van der Waals surface area contributed by atoms with Gasteiger partial charge in [0, 0.05) is 29.5 Å². The van der Waals surface area contributed by atoms with Crippen molar-refractivity contribution >= 4 is 58.2 Å². The van der Waals surface area contributed by atoms with Crippen molar-refractivity contribution in [1.29, 1.82) is 0 Å². The molecule has 9 heteroatoms. The highest BCUT2D eigenvalue weighted by Gasteiger charge is 2.09. The van der Waals surface area contributed by atoms with Gasteiger partial charge in [0.05, 0.1) is 0 Å². The molecule has 0 radical (unpaired) electrons. The third-order valence-electron chi connectivity index (χ3n) is 3.74. The van der Waals surface area contributed by atoms with E-state index in [9.17, 15) is 14.4 Å². The Bertz CT molecular complexity index is 924. The first-order valence-electron chi connectivity index (χ1n) is 8.82. The van der Waals surface area contributed by atoms with Gasteiger partial charge < -0.3 is 5.32 Å². The lowest BCUT2D eigenvalue weighted by molar-refractivity contribution is -0.124. The molecule has 1 heterocycles. The molecular formula is C20H22N4O3S2. The number of rotatable bonds is 6. The van der Waals surface area contributed by atoms with E-state index in [0.29, 0.717) is 0 Å².